The number of aliphatic hydroxyl groups is 1. The van der Waals surface area contributed by atoms with Crippen molar-refractivity contribution in [3.63, 3.8) is 0 Å². The van der Waals surface area contributed by atoms with Crippen molar-refractivity contribution in [2.24, 2.45) is 17.8 Å². The Hall–Kier alpha value is -1.94. The number of rotatable bonds is 70. The van der Waals surface area contributed by atoms with Gasteiger partial charge in [0, 0.05) is 25.7 Å². The second kappa shape index (κ2) is 62.8. The lowest BCUT2D eigenvalue weighted by Gasteiger charge is -2.21. The molecule has 2 unspecified atom stereocenters. The van der Waals surface area contributed by atoms with Crippen molar-refractivity contribution in [1.82, 2.24) is 0 Å². The van der Waals surface area contributed by atoms with Crippen LogP contribution in [0.5, 0.6) is 0 Å². The Morgan fingerprint density at radius 2 is 0.505 bits per heavy atom. The van der Waals surface area contributed by atoms with Gasteiger partial charge < -0.3 is 33.8 Å². The zero-order chi connectivity index (χ0) is 67.3. The summed E-state index contributed by atoms with van der Waals surface area (Å²) in [7, 11) is -9.90. The molecule has 0 saturated heterocycles. The topological polar surface area (TPSA) is 237 Å². The highest BCUT2D eigenvalue weighted by atomic mass is 31.2. The third kappa shape index (κ3) is 66.5. The predicted molar refractivity (Wildman–Crippen MR) is 368 cm³/mol. The van der Waals surface area contributed by atoms with Crippen molar-refractivity contribution in [1.29, 1.82) is 0 Å². The molecule has 0 heterocycles. The maximum atomic E-state index is 13.0. The Bertz CT molecular complexity index is 1780. The largest absolute Gasteiger partial charge is 0.472 e. The third-order valence-corrected chi connectivity index (χ3v) is 18.5. The summed E-state index contributed by atoms with van der Waals surface area (Å²) in [5.41, 5.74) is 0. The van der Waals surface area contributed by atoms with E-state index in [0.717, 1.165) is 108 Å². The van der Waals surface area contributed by atoms with Crippen molar-refractivity contribution in [3.05, 3.63) is 0 Å². The van der Waals surface area contributed by atoms with Crippen molar-refractivity contribution < 1.29 is 80.2 Å². The predicted octanol–water partition coefficient (Wildman–Crippen LogP) is 20.6. The number of carbonyl (C=O) groups excluding carboxylic acids is 4. The lowest BCUT2D eigenvalue weighted by Crippen LogP contribution is -2.30. The Morgan fingerprint density at radius 3 is 0.747 bits per heavy atom. The summed E-state index contributed by atoms with van der Waals surface area (Å²) in [6.45, 7) is 11.8. The highest BCUT2D eigenvalue weighted by Crippen LogP contribution is 2.45. The molecule has 0 aromatic rings. The van der Waals surface area contributed by atoms with Gasteiger partial charge in [0.2, 0.25) is 0 Å². The molecule has 0 aromatic carbocycles. The van der Waals surface area contributed by atoms with E-state index in [9.17, 15) is 43.2 Å². The Kier molecular flexibility index (Phi) is 61.5. The Balaban J connectivity index is 5.24. The van der Waals surface area contributed by atoms with Gasteiger partial charge in [-0.3, -0.25) is 37.3 Å². The molecular weight excluding hydrogens is 1200 g/mol. The fourth-order valence-electron chi connectivity index (χ4n) is 10.9. The summed E-state index contributed by atoms with van der Waals surface area (Å²) >= 11 is 0. The molecule has 91 heavy (non-hydrogen) atoms. The molecule has 0 amide bonds. The van der Waals surface area contributed by atoms with Gasteiger partial charge in [0.15, 0.2) is 12.2 Å². The third-order valence-electron chi connectivity index (χ3n) is 16.6. The van der Waals surface area contributed by atoms with Crippen LogP contribution in [0.1, 0.15) is 363 Å². The molecule has 0 fully saturated rings. The zero-order valence-electron chi connectivity index (χ0n) is 59.3. The van der Waals surface area contributed by atoms with Crippen molar-refractivity contribution >= 4 is 39.5 Å². The molecule has 540 valence electrons. The Morgan fingerprint density at radius 1 is 0.297 bits per heavy atom. The van der Waals surface area contributed by atoms with Crippen LogP contribution in [0.25, 0.3) is 0 Å². The lowest BCUT2D eigenvalue weighted by molar-refractivity contribution is -0.161. The van der Waals surface area contributed by atoms with Crippen LogP contribution in [-0.2, 0) is 65.4 Å². The molecule has 0 aliphatic heterocycles. The summed E-state index contributed by atoms with van der Waals surface area (Å²) in [5, 5.41) is 10.6. The number of ether oxygens (including phenoxy) is 4. The summed E-state index contributed by atoms with van der Waals surface area (Å²) in [6.07, 6.45) is 47.3. The highest BCUT2D eigenvalue weighted by molar-refractivity contribution is 7.47. The number of unbranched alkanes of at least 4 members (excludes halogenated alkanes) is 38. The van der Waals surface area contributed by atoms with Crippen LogP contribution in [0.2, 0.25) is 0 Å². The molecule has 0 rings (SSSR count). The molecule has 17 nitrogen and oxygen atoms in total. The van der Waals surface area contributed by atoms with E-state index in [1.54, 1.807) is 0 Å². The first kappa shape index (κ1) is 89.1. The van der Waals surface area contributed by atoms with Crippen LogP contribution >= 0.6 is 15.6 Å². The molecule has 0 bridgehead atoms. The number of aliphatic hydroxyl groups excluding tert-OH is 1. The van der Waals surface area contributed by atoms with Crippen molar-refractivity contribution in [2.75, 3.05) is 39.6 Å². The molecule has 0 aromatic heterocycles. The van der Waals surface area contributed by atoms with Crippen LogP contribution in [0.4, 0.5) is 0 Å². The zero-order valence-corrected chi connectivity index (χ0v) is 61.1. The summed E-state index contributed by atoms with van der Waals surface area (Å²) in [4.78, 5) is 72.6. The number of esters is 4. The van der Waals surface area contributed by atoms with Crippen LogP contribution in [0.15, 0.2) is 0 Å². The fourth-order valence-corrected chi connectivity index (χ4v) is 12.5. The van der Waals surface area contributed by atoms with E-state index in [1.165, 1.54) is 173 Å². The second-order valence-electron chi connectivity index (χ2n) is 27.4. The maximum Gasteiger partial charge on any atom is 0.472 e. The summed E-state index contributed by atoms with van der Waals surface area (Å²) in [6, 6.07) is 0. The molecule has 3 N–H and O–H groups in total. The molecule has 0 saturated carbocycles. The SMILES string of the molecule is CCCCCCCCCCCCCCCCCCCC(=O)O[C@H](COC(=O)CCCCCCCCCCCC(C)C)COP(=O)(O)OC[C@@H](O)COP(=O)(O)OC[C@@H](COC(=O)CCCCCCCCCCC(C)C)OC(=O)CCCCCCCCCCC(C)C. The maximum absolute atomic E-state index is 13.0. The van der Waals surface area contributed by atoms with Crippen LogP contribution in [0.3, 0.4) is 0 Å². The van der Waals surface area contributed by atoms with Gasteiger partial charge >= 0.3 is 39.5 Å². The Labute approximate surface area is 556 Å². The molecular formula is C72H140O17P2. The average molecular weight is 1340 g/mol. The van der Waals surface area contributed by atoms with E-state index >= 15 is 0 Å². The molecule has 0 spiro atoms. The highest BCUT2D eigenvalue weighted by Gasteiger charge is 2.30. The van der Waals surface area contributed by atoms with Gasteiger partial charge in [0.25, 0.3) is 0 Å². The smallest absolute Gasteiger partial charge is 0.462 e. The monoisotopic (exact) mass is 1340 g/mol. The minimum atomic E-state index is -4.95. The number of hydrogen-bond acceptors (Lipinski definition) is 15. The van der Waals surface area contributed by atoms with Gasteiger partial charge in [-0.2, -0.15) is 0 Å². The molecule has 0 aliphatic carbocycles. The van der Waals surface area contributed by atoms with E-state index in [4.69, 9.17) is 37.0 Å². The number of phosphoric acid groups is 2. The van der Waals surface area contributed by atoms with Gasteiger partial charge in [-0.05, 0) is 43.4 Å². The summed E-state index contributed by atoms with van der Waals surface area (Å²) < 4.78 is 68.4. The van der Waals surface area contributed by atoms with Crippen molar-refractivity contribution in [2.45, 2.75) is 381 Å². The first-order chi connectivity index (χ1) is 43.7. The van der Waals surface area contributed by atoms with Gasteiger partial charge in [-0.25, -0.2) is 9.13 Å². The quantitative estimate of drug-likeness (QED) is 0.0222. The van der Waals surface area contributed by atoms with Crippen LogP contribution in [0, 0.1) is 17.8 Å². The van der Waals surface area contributed by atoms with E-state index in [-0.39, 0.29) is 25.7 Å². The first-order valence-corrected chi connectivity index (χ1v) is 40.3. The number of carbonyl (C=O) groups is 4. The van der Waals surface area contributed by atoms with Crippen LogP contribution < -0.4 is 0 Å². The number of phosphoric ester groups is 2. The van der Waals surface area contributed by atoms with Gasteiger partial charge in [0.1, 0.15) is 19.3 Å². The van der Waals surface area contributed by atoms with Crippen LogP contribution in [-0.4, -0.2) is 96.7 Å². The number of hydrogen-bond donors (Lipinski definition) is 3. The van der Waals surface area contributed by atoms with E-state index < -0.39 is 97.5 Å². The van der Waals surface area contributed by atoms with Gasteiger partial charge in [-0.1, -0.05) is 312 Å². The van der Waals surface area contributed by atoms with Gasteiger partial charge in [0.05, 0.1) is 26.4 Å². The minimum Gasteiger partial charge on any atom is -0.462 e. The average Bonchev–Trinajstić information content (AvgIpc) is 3.48. The van der Waals surface area contributed by atoms with Gasteiger partial charge in [-0.15, -0.1) is 0 Å². The fraction of sp³-hybridized carbons (Fsp3) is 0.944. The lowest BCUT2D eigenvalue weighted by atomic mass is 10.0. The van der Waals surface area contributed by atoms with E-state index in [1.807, 2.05) is 0 Å². The molecule has 19 heteroatoms. The minimum absolute atomic E-state index is 0.104. The van der Waals surface area contributed by atoms with E-state index in [0.29, 0.717) is 25.7 Å². The molecule has 0 aliphatic rings. The first-order valence-electron chi connectivity index (χ1n) is 37.3. The van der Waals surface area contributed by atoms with Crippen molar-refractivity contribution in [3.8, 4) is 0 Å². The normalized spacial score (nSPS) is 14.2. The summed E-state index contributed by atoms with van der Waals surface area (Å²) in [5.74, 6) is 0.0629. The second-order valence-corrected chi connectivity index (χ2v) is 30.3. The molecule has 5 atom stereocenters. The van der Waals surface area contributed by atoms with E-state index in [2.05, 4.69) is 48.5 Å². The standard InChI is InChI=1S/C72H140O17P2/c1-8-9-10-11-12-13-14-15-16-17-18-19-20-23-34-41-48-55-71(76)88-67(59-82-69(74)53-46-39-32-24-21-22-29-36-43-50-63(2)3)61-86-90(78,79)84-57-66(73)58-85-91(80,81)87-62-68(89-72(77)56-49-42-35-28-26-31-38-45-52-65(6)7)60-83-70(75)54-47-40-33-27-25-30-37-44-51-64(4)5/h63-68,73H,8-62H2,1-7H3,(H,78,79)(H,80,81)/t66-,67-,68-/m1/s1. The molecule has 0 radical (unpaired) electrons.